The van der Waals surface area contributed by atoms with Crippen molar-refractivity contribution in [3.8, 4) is 0 Å². The van der Waals surface area contributed by atoms with Crippen LogP contribution in [0.1, 0.15) is 18.4 Å². The van der Waals surface area contributed by atoms with Gasteiger partial charge in [-0.25, -0.2) is 0 Å². The number of benzene rings is 1. The maximum Gasteiger partial charge on any atom is 0.303 e. The second-order valence-corrected chi connectivity index (χ2v) is 6.32. The standard InChI is InChI=1S/C16H20N2O4S/c19-14(10-18-12-23-11-15(18)20)17(8-4-7-16(21)22)9-13-5-2-1-3-6-13/h1-3,5-6H,4,7-12H2,(H,21,22). The molecule has 2 amide bonds. The monoisotopic (exact) mass is 336 g/mol. The van der Waals surface area contributed by atoms with Gasteiger partial charge in [-0.3, -0.25) is 14.4 Å². The molecule has 1 aromatic carbocycles. The van der Waals surface area contributed by atoms with E-state index in [0.29, 0.717) is 31.1 Å². The molecule has 0 unspecified atom stereocenters. The molecule has 0 spiro atoms. The van der Waals surface area contributed by atoms with E-state index in [2.05, 4.69) is 0 Å². The Morgan fingerprint density at radius 1 is 1.26 bits per heavy atom. The first-order valence-electron chi connectivity index (χ1n) is 7.45. The van der Waals surface area contributed by atoms with Crippen molar-refractivity contribution >= 4 is 29.5 Å². The summed E-state index contributed by atoms with van der Waals surface area (Å²) >= 11 is 1.50. The fourth-order valence-electron chi connectivity index (χ4n) is 2.32. The summed E-state index contributed by atoms with van der Waals surface area (Å²) in [5, 5.41) is 8.76. The van der Waals surface area contributed by atoms with Gasteiger partial charge >= 0.3 is 5.97 Å². The van der Waals surface area contributed by atoms with Crippen LogP contribution in [0.5, 0.6) is 0 Å². The van der Waals surface area contributed by atoms with Crippen LogP contribution in [0.4, 0.5) is 0 Å². The largest absolute Gasteiger partial charge is 0.481 e. The minimum atomic E-state index is -0.872. The highest BCUT2D eigenvalue weighted by molar-refractivity contribution is 8.00. The van der Waals surface area contributed by atoms with E-state index in [1.54, 1.807) is 9.80 Å². The van der Waals surface area contributed by atoms with Crippen LogP contribution in [0.2, 0.25) is 0 Å². The molecule has 1 aliphatic rings. The number of aliphatic carboxylic acids is 1. The number of carbonyl (C=O) groups is 3. The maximum absolute atomic E-state index is 12.5. The van der Waals surface area contributed by atoms with E-state index < -0.39 is 5.97 Å². The molecule has 1 N–H and O–H groups in total. The van der Waals surface area contributed by atoms with Crippen molar-refractivity contribution in [1.82, 2.24) is 9.80 Å². The zero-order valence-electron chi connectivity index (χ0n) is 12.8. The number of thioether (sulfide) groups is 1. The molecule has 124 valence electrons. The summed E-state index contributed by atoms with van der Waals surface area (Å²) < 4.78 is 0. The number of carbonyl (C=O) groups excluding carboxylic acids is 2. The number of hydrogen-bond donors (Lipinski definition) is 1. The van der Waals surface area contributed by atoms with Gasteiger partial charge in [0, 0.05) is 19.5 Å². The van der Waals surface area contributed by atoms with Crippen LogP contribution in [0, 0.1) is 0 Å². The molecule has 1 heterocycles. The van der Waals surface area contributed by atoms with E-state index in [-0.39, 0.29) is 24.8 Å². The van der Waals surface area contributed by atoms with Crippen molar-refractivity contribution in [3.05, 3.63) is 35.9 Å². The Kier molecular flexibility index (Phi) is 6.46. The normalized spacial score (nSPS) is 14.1. The van der Waals surface area contributed by atoms with Gasteiger partial charge in [0.15, 0.2) is 0 Å². The molecule has 0 atom stereocenters. The van der Waals surface area contributed by atoms with Gasteiger partial charge in [-0.1, -0.05) is 30.3 Å². The summed E-state index contributed by atoms with van der Waals surface area (Å²) in [7, 11) is 0. The lowest BCUT2D eigenvalue weighted by atomic mass is 10.2. The van der Waals surface area contributed by atoms with Crippen LogP contribution in [-0.2, 0) is 20.9 Å². The minimum absolute atomic E-state index is 0.0199. The zero-order valence-corrected chi connectivity index (χ0v) is 13.6. The maximum atomic E-state index is 12.5. The third kappa shape index (κ3) is 5.59. The second-order valence-electron chi connectivity index (χ2n) is 5.37. The average molecular weight is 336 g/mol. The summed E-state index contributed by atoms with van der Waals surface area (Å²) in [6.45, 7) is 0.857. The topological polar surface area (TPSA) is 77.9 Å². The molecule has 0 bridgehead atoms. The Morgan fingerprint density at radius 2 is 2.00 bits per heavy atom. The highest BCUT2D eigenvalue weighted by Gasteiger charge is 2.25. The lowest BCUT2D eigenvalue weighted by Crippen LogP contribution is -2.41. The van der Waals surface area contributed by atoms with Gasteiger partial charge in [-0.2, -0.15) is 0 Å². The van der Waals surface area contributed by atoms with Crippen molar-refractivity contribution < 1.29 is 19.5 Å². The van der Waals surface area contributed by atoms with Gasteiger partial charge < -0.3 is 14.9 Å². The summed E-state index contributed by atoms with van der Waals surface area (Å²) in [6.07, 6.45) is 0.424. The fraction of sp³-hybridized carbons (Fsp3) is 0.438. The SMILES string of the molecule is O=C(O)CCCN(Cc1ccccc1)C(=O)CN1CSCC1=O. The zero-order chi connectivity index (χ0) is 16.7. The van der Waals surface area contributed by atoms with Crippen molar-refractivity contribution in [2.45, 2.75) is 19.4 Å². The van der Waals surface area contributed by atoms with Crippen LogP contribution in [0.3, 0.4) is 0 Å². The highest BCUT2D eigenvalue weighted by atomic mass is 32.2. The molecule has 1 aliphatic heterocycles. The minimum Gasteiger partial charge on any atom is -0.481 e. The molecule has 2 rings (SSSR count). The summed E-state index contributed by atoms with van der Waals surface area (Å²) in [6, 6.07) is 9.55. The van der Waals surface area contributed by atoms with Crippen LogP contribution in [0.25, 0.3) is 0 Å². The lowest BCUT2D eigenvalue weighted by Gasteiger charge is -2.25. The second kappa shape index (κ2) is 8.57. The molecule has 7 heteroatoms. The quantitative estimate of drug-likeness (QED) is 0.777. The van der Waals surface area contributed by atoms with Crippen LogP contribution in [-0.4, -0.2) is 57.4 Å². The molecular formula is C16H20N2O4S. The lowest BCUT2D eigenvalue weighted by molar-refractivity contribution is -0.139. The van der Waals surface area contributed by atoms with Crippen molar-refractivity contribution in [2.75, 3.05) is 24.7 Å². The van der Waals surface area contributed by atoms with Crippen LogP contribution in [0.15, 0.2) is 30.3 Å². The first-order chi connectivity index (χ1) is 11.1. The molecule has 1 fully saturated rings. The molecule has 0 aliphatic carbocycles. The molecule has 1 saturated heterocycles. The van der Waals surface area contributed by atoms with Crippen molar-refractivity contribution in [3.63, 3.8) is 0 Å². The molecule has 0 aromatic heterocycles. The van der Waals surface area contributed by atoms with Crippen LogP contribution < -0.4 is 0 Å². The smallest absolute Gasteiger partial charge is 0.303 e. The number of amides is 2. The molecule has 6 nitrogen and oxygen atoms in total. The van der Waals surface area contributed by atoms with E-state index in [4.69, 9.17) is 5.11 Å². The van der Waals surface area contributed by atoms with Gasteiger partial charge in [0.25, 0.3) is 0 Å². The van der Waals surface area contributed by atoms with Gasteiger partial charge in [-0.15, -0.1) is 11.8 Å². The van der Waals surface area contributed by atoms with Gasteiger partial charge in [0.1, 0.15) is 6.54 Å². The van der Waals surface area contributed by atoms with Crippen molar-refractivity contribution in [1.29, 1.82) is 0 Å². The Labute approximate surface area is 139 Å². The fourth-order valence-corrected chi connectivity index (χ4v) is 3.22. The third-order valence-corrected chi connectivity index (χ3v) is 4.48. The Balaban J connectivity index is 1.97. The third-order valence-electron chi connectivity index (χ3n) is 3.54. The van der Waals surface area contributed by atoms with E-state index in [9.17, 15) is 14.4 Å². The van der Waals surface area contributed by atoms with E-state index in [1.807, 2.05) is 30.3 Å². The first-order valence-corrected chi connectivity index (χ1v) is 8.61. The number of nitrogens with zero attached hydrogens (tertiary/aromatic N) is 2. The summed E-state index contributed by atoms with van der Waals surface area (Å²) in [5.74, 6) is -0.0731. The predicted octanol–water partition coefficient (Wildman–Crippen LogP) is 1.41. The van der Waals surface area contributed by atoms with Crippen molar-refractivity contribution in [2.24, 2.45) is 0 Å². The summed E-state index contributed by atoms with van der Waals surface area (Å²) in [4.78, 5) is 38.0. The molecule has 0 saturated carbocycles. The van der Waals surface area contributed by atoms with E-state index in [0.717, 1.165) is 5.56 Å². The molecule has 0 radical (unpaired) electrons. The van der Waals surface area contributed by atoms with Gasteiger partial charge in [-0.05, 0) is 12.0 Å². The highest BCUT2D eigenvalue weighted by Crippen LogP contribution is 2.15. The number of hydrogen-bond acceptors (Lipinski definition) is 4. The Morgan fingerprint density at radius 3 is 2.61 bits per heavy atom. The summed E-state index contributed by atoms with van der Waals surface area (Å²) in [5.41, 5.74) is 0.985. The Bertz CT molecular complexity index is 564. The average Bonchev–Trinajstić information content (AvgIpc) is 2.92. The predicted molar refractivity (Wildman–Crippen MR) is 87.8 cm³/mol. The first kappa shape index (κ1) is 17.3. The molecule has 23 heavy (non-hydrogen) atoms. The number of carboxylic acids is 1. The van der Waals surface area contributed by atoms with Crippen LogP contribution >= 0.6 is 11.8 Å². The van der Waals surface area contributed by atoms with Gasteiger partial charge in [0.05, 0.1) is 11.6 Å². The van der Waals surface area contributed by atoms with E-state index >= 15 is 0 Å². The molecule has 1 aromatic rings. The number of carboxylic acid groups (broad SMARTS) is 1. The Hall–Kier alpha value is -2.02. The molecular weight excluding hydrogens is 316 g/mol. The number of rotatable bonds is 8. The van der Waals surface area contributed by atoms with E-state index in [1.165, 1.54) is 11.8 Å². The van der Waals surface area contributed by atoms with Gasteiger partial charge in [0.2, 0.25) is 11.8 Å².